The molecule has 0 aliphatic heterocycles. The van der Waals surface area contributed by atoms with Crippen LogP contribution in [0.1, 0.15) is 11.1 Å². The van der Waals surface area contributed by atoms with E-state index >= 15 is 0 Å². The van der Waals surface area contributed by atoms with E-state index in [1.807, 2.05) is 6.92 Å². The highest BCUT2D eigenvalue weighted by molar-refractivity contribution is 7.89. The molecule has 0 aliphatic carbocycles. The van der Waals surface area contributed by atoms with Gasteiger partial charge < -0.3 is 0 Å². The molecular formula is C14H12ClFN2O2S. The number of halogens is 2. The summed E-state index contributed by atoms with van der Waals surface area (Å²) in [4.78, 5) is 2.16. The van der Waals surface area contributed by atoms with Crippen LogP contribution in [0.15, 0.2) is 52.5 Å². The summed E-state index contributed by atoms with van der Waals surface area (Å²) in [5, 5.41) is 3.81. The molecule has 0 aliphatic rings. The van der Waals surface area contributed by atoms with Crippen LogP contribution in [0.3, 0.4) is 0 Å². The van der Waals surface area contributed by atoms with Gasteiger partial charge in [-0.25, -0.2) is 9.22 Å². The Labute approximate surface area is 127 Å². The Morgan fingerprint density at radius 1 is 1.19 bits per heavy atom. The second-order valence-corrected chi connectivity index (χ2v) is 6.47. The second-order valence-electron chi connectivity index (χ2n) is 4.37. The molecule has 21 heavy (non-hydrogen) atoms. The highest BCUT2D eigenvalue weighted by Gasteiger charge is 2.11. The van der Waals surface area contributed by atoms with Crippen molar-refractivity contribution in [3.8, 4) is 0 Å². The SMILES string of the molecule is Cc1ccc(S(=O)(=O)N/N=C/c2cc(F)cc(Cl)c2)cc1. The van der Waals surface area contributed by atoms with Gasteiger partial charge in [-0.05, 0) is 42.8 Å². The summed E-state index contributed by atoms with van der Waals surface area (Å²) in [7, 11) is -3.74. The van der Waals surface area contributed by atoms with E-state index in [2.05, 4.69) is 9.93 Å². The Hall–Kier alpha value is -1.92. The molecule has 0 unspecified atom stereocenters. The maximum atomic E-state index is 13.1. The highest BCUT2D eigenvalue weighted by atomic mass is 35.5. The minimum Gasteiger partial charge on any atom is -0.207 e. The van der Waals surface area contributed by atoms with Gasteiger partial charge in [-0.1, -0.05) is 29.3 Å². The van der Waals surface area contributed by atoms with Crippen LogP contribution < -0.4 is 4.83 Å². The van der Waals surface area contributed by atoms with Gasteiger partial charge in [0.25, 0.3) is 10.0 Å². The third-order valence-corrected chi connectivity index (χ3v) is 4.06. The number of hydrazone groups is 1. The smallest absolute Gasteiger partial charge is 0.207 e. The Kier molecular flexibility index (Phi) is 4.59. The molecule has 0 fully saturated rings. The van der Waals surface area contributed by atoms with Crippen molar-refractivity contribution in [2.75, 3.05) is 0 Å². The Balaban J connectivity index is 2.14. The van der Waals surface area contributed by atoms with Crippen molar-refractivity contribution in [1.29, 1.82) is 0 Å². The van der Waals surface area contributed by atoms with Crippen LogP contribution in [0.4, 0.5) is 4.39 Å². The van der Waals surface area contributed by atoms with Crippen molar-refractivity contribution in [2.24, 2.45) is 5.10 Å². The first-order valence-corrected chi connectivity index (χ1v) is 7.80. The summed E-state index contributed by atoms with van der Waals surface area (Å²) < 4.78 is 37.0. The molecule has 0 saturated carbocycles. The first kappa shape index (κ1) is 15.5. The van der Waals surface area contributed by atoms with Gasteiger partial charge in [0, 0.05) is 5.02 Å². The molecule has 0 bridgehead atoms. The molecule has 0 amide bonds. The molecule has 0 radical (unpaired) electrons. The Morgan fingerprint density at radius 3 is 2.48 bits per heavy atom. The number of hydrogen-bond donors (Lipinski definition) is 1. The van der Waals surface area contributed by atoms with E-state index in [-0.39, 0.29) is 9.92 Å². The predicted molar refractivity (Wildman–Crippen MR) is 80.5 cm³/mol. The lowest BCUT2D eigenvalue weighted by molar-refractivity contribution is 0.584. The zero-order valence-corrected chi connectivity index (χ0v) is 12.6. The van der Waals surface area contributed by atoms with Crippen LogP contribution in [-0.2, 0) is 10.0 Å². The van der Waals surface area contributed by atoms with Crippen LogP contribution in [0.5, 0.6) is 0 Å². The van der Waals surface area contributed by atoms with E-state index < -0.39 is 15.8 Å². The lowest BCUT2D eigenvalue weighted by atomic mass is 10.2. The molecule has 110 valence electrons. The van der Waals surface area contributed by atoms with Gasteiger partial charge in [-0.15, -0.1) is 0 Å². The van der Waals surface area contributed by atoms with Crippen molar-refractivity contribution in [3.63, 3.8) is 0 Å². The fourth-order valence-corrected chi connectivity index (χ4v) is 2.61. The molecule has 2 rings (SSSR count). The van der Waals surface area contributed by atoms with Gasteiger partial charge in [-0.2, -0.15) is 13.5 Å². The maximum Gasteiger partial charge on any atom is 0.276 e. The first-order chi connectivity index (χ1) is 9.87. The Bertz CT molecular complexity index is 754. The topological polar surface area (TPSA) is 58.5 Å². The molecule has 0 spiro atoms. The van der Waals surface area contributed by atoms with Crippen LogP contribution in [0.2, 0.25) is 5.02 Å². The van der Waals surface area contributed by atoms with Crippen LogP contribution in [0, 0.1) is 12.7 Å². The number of rotatable bonds is 4. The largest absolute Gasteiger partial charge is 0.276 e. The molecule has 0 atom stereocenters. The van der Waals surface area contributed by atoms with Gasteiger partial charge in [0.1, 0.15) is 5.82 Å². The molecule has 2 aromatic rings. The minimum atomic E-state index is -3.74. The van der Waals surface area contributed by atoms with E-state index in [4.69, 9.17) is 11.6 Å². The lowest BCUT2D eigenvalue weighted by Crippen LogP contribution is -2.18. The molecule has 2 aromatic carbocycles. The monoisotopic (exact) mass is 326 g/mol. The molecule has 0 aromatic heterocycles. The summed E-state index contributed by atoms with van der Waals surface area (Å²) in [5.74, 6) is -0.523. The summed E-state index contributed by atoms with van der Waals surface area (Å²) >= 11 is 5.69. The van der Waals surface area contributed by atoms with E-state index in [1.54, 1.807) is 12.1 Å². The fraction of sp³-hybridized carbons (Fsp3) is 0.0714. The average Bonchev–Trinajstić information content (AvgIpc) is 2.37. The summed E-state index contributed by atoms with van der Waals surface area (Å²) in [6.45, 7) is 1.86. The van der Waals surface area contributed by atoms with Crippen molar-refractivity contribution < 1.29 is 12.8 Å². The number of hydrogen-bond acceptors (Lipinski definition) is 3. The van der Waals surface area contributed by atoms with E-state index in [9.17, 15) is 12.8 Å². The number of sulfonamides is 1. The quantitative estimate of drug-likeness (QED) is 0.693. The van der Waals surface area contributed by atoms with Crippen LogP contribution in [0.25, 0.3) is 0 Å². The van der Waals surface area contributed by atoms with Gasteiger partial charge >= 0.3 is 0 Å². The summed E-state index contributed by atoms with van der Waals surface area (Å²) in [5.41, 5.74) is 1.30. The molecule has 7 heteroatoms. The predicted octanol–water partition coefficient (Wildman–Crippen LogP) is 3.10. The first-order valence-electron chi connectivity index (χ1n) is 5.94. The Morgan fingerprint density at radius 2 is 1.86 bits per heavy atom. The molecule has 4 nitrogen and oxygen atoms in total. The maximum absolute atomic E-state index is 13.1. The minimum absolute atomic E-state index is 0.0996. The van der Waals surface area contributed by atoms with Crippen molar-refractivity contribution in [1.82, 2.24) is 4.83 Å². The molecule has 0 heterocycles. The third-order valence-electron chi connectivity index (χ3n) is 2.60. The van der Waals surface area contributed by atoms with Crippen molar-refractivity contribution >= 4 is 27.8 Å². The van der Waals surface area contributed by atoms with Crippen LogP contribution in [-0.4, -0.2) is 14.6 Å². The average molecular weight is 327 g/mol. The number of nitrogens with one attached hydrogen (secondary N) is 1. The van der Waals surface area contributed by atoms with Gasteiger partial charge in [-0.3, -0.25) is 0 Å². The van der Waals surface area contributed by atoms with Crippen molar-refractivity contribution in [2.45, 2.75) is 11.8 Å². The number of aryl methyl sites for hydroxylation is 1. The lowest BCUT2D eigenvalue weighted by Gasteiger charge is -2.03. The molecule has 1 N–H and O–H groups in total. The fourth-order valence-electron chi connectivity index (χ4n) is 1.59. The van der Waals surface area contributed by atoms with Gasteiger partial charge in [0.05, 0.1) is 11.1 Å². The zero-order valence-electron chi connectivity index (χ0n) is 11.0. The molecule has 0 saturated heterocycles. The number of benzene rings is 2. The highest BCUT2D eigenvalue weighted by Crippen LogP contribution is 2.13. The standard InChI is InChI=1S/C14H12ClFN2O2S/c1-10-2-4-14(5-3-10)21(19,20)18-17-9-11-6-12(15)8-13(16)7-11/h2-9,18H,1H3/b17-9+. The van der Waals surface area contributed by atoms with E-state index in [1.165, 1.54) is 30.5 Å². The number of nitrogens with zero attached hydrogens (tertiary/aromatic N) is 1. The zero-order chi connectivity index (χ0) is 15.5. The van der Waals surface area contributed by atoms with Crippen LogP contribution >= 0.6 is 11.6 Å². The van der Waals surface area contributed by atoms with E-state index in [0.717, 1.165) is 11.6 Å². The van der Waals surface area contributed by atoms with Gasteiger partial charge in [0.15, 0.2) is 0 Å². The summed E-state index contributed by atoms with van der Waals surface area (Å²) in [6.07, 6.45) is 1.18. The van der Waals surface area contributed by atoms with E-state index in [0.29, 0.717) is 5.56 Å². The van der Waals surface area contributed by atoms with Gasteiger partial charge in [0.2, 0.25) is 0 Å². The third kappa shape index (κ3) is 4.27. The normalized spacial score (nSPS) is 11.8. The second kappa shape index (κ2) is 6.24. The molecular weight excluding hydrogens is 315 g/mol. The summed E-state index contributed by atoms with van der Waals surface area (Å²) in [6, 6.07) is 10.1. The van der Waals surface area contributed by atoms with Crippen molar-refractivity contribution in [3.05, 3.63) is 64.4 Å².